The monoisotopic (exact) mass is 436 g/mol. The molecule has 0 spiro atoms. The highest BCUT2D eigenvalue weighted by Crippen LogP contribution is 2.24. The maximum Gasteiger partial charge on any atom is 0.196 e. The fourth-order valence-corrected chi connectivity index (χ4v) is 4.43. The van der Waals surface area contributed by atoms with Gasteiger partial charge >= 0.3 is 0 Å². The van der Waals surface area contributed by atoms with E-state index in [0.29, 0.717) is 17.5 Å². The first-order valence-electron chi connectivity index (χ1n) is 9.56. The highest BCUT2D eigenvalue weighted by molar-refractivity contribution is 7.99. The predicted octanol–water partition coefficient (Wildman–Crippen LogP) is 5.36. The van der Waals surface area contributed by atoms with E-state index >= 15 is 0 Å². The van der Waals surface area contributed by atoms with Crippen LogP contribution in [0.5, 0.6) is 0 Å². The molecule has 0 aliphatic rings. The molecule has 0 saturated carbocycles. The number of carbonyl (C=O) groups excluding carboxylic acids is 1. The summed E-state index contributed by atoms with van der Waals surface area (Å²) in [5, 5.41) is 9.60. The van der Waals surface area contributed by atoms with E-state index in [1.807, 2.05) is 79.1 Å². The van der Waals surface area contributed by atoms with Gasteiger partial charge in [0.25, 0.3) is 0 Å². The molecule has 2 heterocycles. The van der Waals surface area contributed by atoms with Gasteiger partial charge in [-0.25, -0.2) is 0 Å². The van der Waals surface area contributed by atoms with Crippen molar-refractivity contribution < 1.29 is 4.79 Å². The SMILES string of the molecule is Cc1cc(C(=O)CSc2nncn2-c2ccccc2)c(C)n1Cc1ccccc1Cl. The van der Waals surface area contributed by atoms with Crippen molar-refractivity contribution in [1.29, 1.82) is 0 Å². The number of carbonyl (C=O) groups is 1. The van der Waals surface area contributed by atoms with Crippen LogP contribution >= 0.6 is 23.4 Å². The molecule has 0 atom stereocenters. The fourth-order valence-electron chi connectivity index (χ4n) is 3.42. The molecule has 0 aliphatic carbocycles. The van der Waals surface area contributed by atoms with E-state index in [1.54, 1.807) is 6.33 Å². The van der Waals surface area contributed by atoms with Crippen molar-refractivity contribution in [1.82, 2.24) is 19.3 Å². The van der Waals surface area contributed by atoms with Crippen LogP contribution in [0.25, 0.3) is 5.69 Å². The lowest BCUT2D eigenvalue weighted by molar-refractivity contribution is 0.102. The number of aromatic nitrogens is 4. The van der Waals surface area contributed by atoms with Crippen LogP contribution in [0.1, 0.15) is 27.3 Å². The van der Waals surface area contributed by atoms with E-state index in [9.17, 15) is 4.79 Å². The second kappa shape index (κ2) is 8.90. The van der Waals surface area contributed by atoms with Crippen LogP contribution in [0.2, 0.25) is 5.02 Å². The van der Waals surface area contributed by atoms with E-state index in [-0.39, 0.29) is 5.78 Å². The smallest absolute Gasteiger partial charge is 0.196 e. The Morgan fingerprint density at radius 3 is 2.57 bits per heavy atom. The standard InChI is InChI=1S/C23H21ClN4OS/c1-16-12-20(17(2)27(16)13-18-8-6-7-11-21(18)24)22(29)14-30-23-26-25-15-28(23)19-9-4-3-5-10-19/h3-12,15H,13-14H2,1-2H3. The second-order valence-corrected chi connectivity index (χ2v) is 8.34. The Labute approximate surface area is 184 Å². The average Bonchev–Trinajstić information content (AvgIpc) is 3.34. The van der Waals surface area contributed by atoms with Gasteiger partial charge in [-0.3, -0.25) is 9.36 Å². The van der Waals surface area contributed by atoms with Gasteiger partial charge in [-0.2, -0.15) is 0 Å². The molecule has 7 heteroatoms. The Morgan fingerprint density at radius 2 is 1.80 bits per heavy atom. The van der Waals surface area contributed by atoms with E-state index in [1.165, 1.54) is 11.8 Å². The molecule has 4 aromatic rings. The number of benzene rings is 2. The first-order chi connectivity index (χ1) is 14.5. The topological polar surface area (TPSA) is 52.7 Å². The molecule has 0 aliphatic heterocycles. The van der Waals surface area contributed by atoms with Crippen LogP contribution in [-0.2, 0) is 6.54 Å². The molecular formula is C23H21ClN4OS. The number of aryl methyl sites for hydroxylation is 1. The van der Waals surface area contributed by atoms with E-state index < -0.39 is 0 Å². The lowest BCUT2D eigenvalue weighted by atomic mass is 10.2. The molecule has 2 aromatic carbocycles. The number of para-hydroxylation sites is 1. The van der Waals surface area contributed by atoms with Crippen molar-refractivity contribution in [2.24, 2.45) is 0 Å². The number of ketones is 1. The van der Waals surface area contributed by atoms with E-state index in [4.69, 9.17) is 11.6 Å². The van der Waals surface area contributed by atoms with Gasteiger partial charge in [-0.1, -0.05) is 59.8 Å². The Bertz CT molecular complexity index is 1180. The molecule has 4 rings (SSSR count). The molecule has 5 nitrogen and oxygen atoms in total. The summed E-state index contributed by atoms with van der Waals surface area (Å²) in [7, 11) is 0. The van der Waals surface area contributed by atoms with E-state index in [0.717, 1.165) is 33.2 Å². The number of hydrogen-bond donors (Lipinski definition) is 0. The van der Waals surface area contributed by atoms with Crippen molar-refractivity contribution in [2.45, 2.75) is 25.5 Å². The van der Waals surface area contributed by atoms with Gasteiger partial charge in [0.2, 0.25) is 0 Å². The van der Waals surface area contributed by atoms with Crippen molar-refractivity contribution in [2.75, 3.05) is 5.75 Å². The minimum Gasteiger partial charge on any atom is -0.344 e. The van der Waals surface area contributed by atoms with Crippen molar-refractivity contribution in [3.63, 3.8) is 0 Å². The third-order valence-corrected chi connectivity index (χ3v) is 6.36. The zero-order valence-electron chi connectivity index (χ0n) is 16.7. The van der Waals surface area contributed by atoms with E-state index in [2.05, 4.69) is 14.8 Å². The molecule has 0 radical (unpaired) electrons. The van der Waals surface area contributed by atoms with Crippen LogP contribution in [-0.4, -0.2) is 30.9 Å². The van der Waals surface area contributed by atoms with Gasteiger partial charge in [0, 0.05) is 34.2 Å². The summed E-state index contributed by atoms with van der Waals surface area (Å²) in [6, 6.07) is 19.6. The molecule has 0 bridgehead atoms. The largest absolute Gasteiger partial charge is 0.344 e. The summed E-state index contributed by atoms with van der Waals surface area (Å²) < 4.78 is 4.02. The quantitative estimate of drug-likeness (QED) is 0.289. The van der Waals surface area contributed by atoms with Gasteiger partial charge in [0.1, 0.15) is 6.33 Å². The second-order valence-electron chi connectivity index (χ2n) is 6.99. The number of nitrogens with zero attached hydrogens (tertiary/aromatic N) is 4. The first kappa shape index (κ1) is 20.4. The van der Waals surface area contributed by atoms with Crippen LogP contribution in [0, 0.1) is 13.8 Å². The molecule has 0 saturated heterocycles. The zero-order valence-corrected chi connectivity index (χ0v) is 18.3. The third kappa shape index (κ3) is 4.20. The maximum atomic E-state index is 13.0. The molecule has 0 fully saturated rings. The summed E-state index contributed by atoms with van der Waals surface area (Å²) in [5.41, 5.74) is 4.72. The number of thioether (sulfide) groups is 1. The molecule has 152 valence electrons. The number of hydrogen-bond acceptors (Lipinski definition) is 4. The normalized spacial score (nSPS) is 11.0. The predicted molar refractivity (Wildman–Crippen MR) is 121 cm³/mol. The molecule has 2 aromatic heterocycles. The Hall–Kier alpha value is -2.83. The molecule has 0 amide bonds. The number of halogens is 1. The minimum atomic E-state index is 0.0705. The van der Waals surface area contributed by atoms with Crippen molar-refractivity contribution in [3.8, 4) is 5.69 Å². The fraction of sp³-hybridized carbons (Fsp3) is 0.174. The molecular weight excluding hydrogens is 416 g/mol. The van der Waals surface area contributed by atoms with Gasteiger partial charge in [-0.05, 0) is 43.7 Å². The summed E-state index contributed by atoms with van der Waals surface area (Å²) in [4.78, 5) is 13.0. The minimum absolute atomic E-state index is 0.0705. The third-order valence-electron chi connectivity index (χ3n) is 5.04. The van der Waals surface area contributed by atoms with Crippen LogP contribution in [0.3, 0.4) is 0 Å². The van der Waals surface area contributed by atoms with Crippen LogP contribution < -0.4 is 0 Å². The Balaban J connectivity index is 1.50. The van der Waals surface area contributed by atoms with Crippen LogP contribution in [0.4, 0.5) is 0 Å². The van der Waals surface area contributed by atoms with Gasteiger partial charge in [-0.15, -0.1) is 10.2 Å². The van der Waals surface area contributed by atoms with Crippen LogP contribution in [0.15, 0.2) is 72.1 Å². The van der Waals surface area contributed by atoms with Gasteiger partial charge < -0.3 is 4.57 Å². The number of Topliss-reactive ketones (excluding diaryl/α,β-unsaturated/α-hetero) is 1. The Morgan fingerprint density at radius 1 is 1.07 bits per heavy atom. The highest BCUT2D eigenvalue weighted by atomic mass is 35.5. The summed E-state index contributed by atoms with van der Waals surface area (Å²) in [6.45, 7) is 4.63. The average molecular weight is 437 g/mol. The summed E-state index contributed by atoms with van der Waals surface area (Å²) >= 11 is 7.71. The zero-order chi connectivity index (χ0) is 21.1. The Kier molecular flexibility index (Phi) is 6.06. The van der Waals surface area contributed by atoms with Gasteiger partial charge in [0.05, 0.1) is 5.75 Å². The molecule has 30 heavy (non-hydrogen) atoms. The van der Waals surface area contributed by atoms with Crippen molar-refractivity contribution >= 4 is 29.1 Å². The lowest BCUT2D eigenvalue weighted by Crippen LogP contribution is -2.08. The maximum absolute atomic E-state index is 13.0. The number of rotatable bonds is 7. The summed E-state index contributed by atoms with van der Waals surface area (Å²) in [6.07, 6.45) is 1.66. The molecule has 0 N–H and O–H groups in total. The van der Waals surface area contributed by atoms with Gasteiger partial charge in [0.15, 0.2) is 10.9 Å². The summed E-state index contributed by atoms with van der Waals surface area (Å²) in [5.74, 6) is 0.364. The highest BCUT2D eigenvalue weighted by Gasteiger charge is 2.18. The molecule has 0 unspecified atom stereocenters. The lowest BCUT2D eigenvalue weighted by Gasteiger charge is -2.11. The first-order valence-corrected chi connectivity index (χ1v) is 10.9. The van der Waals surface area contributed by atoms with Crippen molar-refractivity contribution in [3.05, 3.63) is 94.5 Å².